The van der Waals surface area contributed by atoms with Gasteiger partial charge in [0.15, 0.2) is 5.69 Å². The van der Waals surface area contributed by atoms with E-state index in [-0.39, 0.29) is 11.6 Å². The van der Waals surface area contributed by atoms with Crippen molar-refractivity contribution in [2.45, 2.75) is 6.42 Å². The average molecular weight is 340 g/mol. The van der Waals surface area contributed by atoms with E-state index < -0.39 is 5.97 Å². The molecule has 0 aliphatic carbocycles. The van der Waals surface area contributed by atoms with E-state index >= 15 is 0 Å². The van der Waals surface area contributed by atoms with Crippen molar-refractivity contribution in [3.8, 4) is 5.75 Å². The molecule has 3 aromatic rings. The van der Waals surface area contributed by atoms with Crippen LogP contribution in [0.1, 0.15) is 26.5 Å². The van der Waals surface area contributed by atoms with Crippen LogP contribution < -0.4 is 10.1 Å². The molecule has 3 rings (SSSR count). The first-order valence-electron chi connectivity index (χ1n) is 7.57. The van der Waals surface area contributed by atoms with E-state index in [0.717, 1.165) is 5.39 Å². The molecule has 0 atom stereocenters. The molecular formula is C17H16N4O4. The molecule has 25 heavy (non-hydrogen) atoms. The van der Waals surface area contributed by atoms with Crippen LogP contribution in [0.5, 0.6) is 5.75 Å². The summed E-state index contributed by atoms with van der Waals surface area (Å²) < 4.78 is 5.31. The van der Waals surface area contributed by atoms with Crippen molar-refractivity contribution in [1.82, 2.24) is 20.5 Å². The van der Waals surface area contributed by atoms with Crippen molar-refractivity contribution in [3.05, 3.63) is 53.5 Å². The standard InChI is InChI=1S/C17H16N4O4/c1-25-14-8-11(7-10-3-2-5-18-15(10)14)16(22)19-6-4-12-9-13(17(23)24)21-20-12/h2-3,5,7-9H,4,6H2,1H3,(H,19,22)(H,20,21)(H,23,24). The van der Waals surface area contributed by atoms with Gasteiger partial charge < -0.3 is 15.2 Å². The number of methoxy groups -OCH3 is 1. The van der Waals surface area contributed by atoms with E-state index in [2.05, 4.69) is 20.5 Å². The number of H-pyrrole nitrogens is 1. The minimum absolute atomic E-state index is 0.0481. The third kappa shape index (κ3) is 3.57. The van der Waals surface area contributed by atoms with Crippen LogP contribution in [0.2, 0.25) is 0 Å². The van der Waals surface area contributed by atoms with Gasteiger partial charge in [-0.3, -0.25) is 14.9 Å². The molecule has 0 bridgehead atoms. The summed E-state index contributed by atoms with van der Waals surface area (Å²) in [5.41, 5.74) is 1.75. The quantitative estimate of drug-likeness (QED) is 0.628. The molecule has 0 aliphatic rings. The van der Waals surface area contributed by atoms with Crippen LogP contribution in [-0.2, 0) is 6.42 Å². The van der Waals surface area contributed by atoms with Gasteiger partial charge in [-0.2, -0.15) is 5.10 Å². The number of carboxylic acids is 1. The summed E-state index contributed by atoms with van der Waals surface area (Å²) in [5.74, 6) is -0.812. The maximum Gasteiger partial charge on any atom is 0.356 e. The van der Waals surface area contributed by atoms with Crippen molar-refractivity contribution in [2.75, 3.05) is 13.7 Å². The van der Waals surface area contributed by atoms with E-state index in [0.29, 0.717) is 35.5 Å². The largest absolute Gasteiger partial charge is 0.494 e. The van der Waals surface area contributed by atoms with Crippen LogP contribution in [0.15, 0.2) is 36.5 Å². The smallest absolute Gasteiger partial charge is 0.356 e. The molecule has 0 saturated heterocycles. The number of nitrogens with zero attached hydrogens (tertiary/aromatic N) is 2. The number of ether oxygens (including phenoxy) is 1. The molecule has 1 aromatic carbocycles. The molecule has 0 unspecified atom stereocenters. The number of aromatic nitrogens is 3. The number of aromatic amines is 1. The van der Waals surface area contributed by atoms with Crippen LogP contribution in [0.25, 0.3) is 10.9 Å². The highest BCUT2D eigenvalue weighted by atomic mass is 16.5. The zero-order valence-electron chi connectivity index (χ0n) is 13.4. The predicted molar refractivity (Wildman–Crippen MR) is 89.9 cm³/mol. The fourth-order valence-electron chi connectivity index (χ4n) is 2.46. The van der Waals surface area contributed by atoms with Crippen molar-refractivity contribution < 1.29 is 19.4 Å². The van der Waals surface area contributed by atoms with Gasteiger partial charge in [0.05, 0.1) is 7.11 Å². The van der Waals surface area contributed by atoms with Gasteiger partial charge in [-0.05, 0) is 24.3 Å². The number of aromatic carboxylic acids is 1. The number of carboxylic acid groups (broad SMARTS) is 1. The third-order valence-corrected chi connectivity index (χ3v) is 3.68. The number of carbonyl (C=O) groups is 2. The number of hydrogen-bond donors (Lipinski definition) is 3. The minimum atomic E-state index is -1.09. The van der Waals surface area contributed by atoms with Crippen LogP contribution >= 0.6 is 0 Å². The van der Waals surface area contributed by atoms with E-state index in [1.807, 2.05) is 6.07 Å². The van der Waals surface area contributed by atoms with Gasteiger partial charge in [-0.15, -0.1) is 0 Å². The zero-order chi connectivity index (χ0) is 17.8. The van der Waals surface area contributed by atoms with Gasteiger partial charge in [-0.25, -0.2) is 4.79 Å². The number of nitrogens with one attached hydrogen (secondary N) is 2. The Hall–Kier alpha value is -3.42. The molecule has 8 heteroatoms. The van der Waals surface area contributed by atoms with Gasteiger partial charge in [0.25, 0.3) is 5.91 Å². The van der Waals surface area contributed by atoms with Crippen molar-refractivity contribution >= 4 is 22.8 Å². The lowest BCUT2D eigenvalue weighted by atomic mass is 10.1. The summed E-state index contributed by atoms with van der Waals surface area (Å²) >= 11 is 0. The predicted octanol–water partition coefficient (Wildman–Crippen LogP) is 1.64. The maximum atomic E-state index is 12.4. The Balaban J connectivity index is 1.68. The number of benzene rings is 1. The second kappa shape index (κ2) is 7.00. The monoisotopic (exact) mass is 340 g/mol. The summed E-state index contributed by atoms with van der Waals surface area (Å²) in [6.07, 6.45) is 2.11. The average Bonchev–Trinajstić information content (AvgIpc) is 3.10. The van der Waals surface area contributed by atoms with E-state index in [4.69, 9.17) is 9.84 Å². The van der Waals surface area contributed by atoms with Gasteiger partial charge in [-0.1, -0.05) is 6.07 Å². The fourth-order valence-corrected chi connectivity index (χ4v) is 2.46. The Morgan fingerprint density at radius 3 is 2.88 bits per heavy atom. The topological polar surface area (TPSA) is 117 Å². The second-order valence-corrected chi connectivity index (χ2v) is 5.34. The first-order chi connectivity index (χ1) is 12.1. The molecule has 1 amide bonds. The summed E-state index contributed by atoms with van der Waals surface area (Å²) in [7, 11) is 1.53. The van der Waals surface area contributed by atoms with Crippen LogP contribution in [0.3, 0.4) is 0 Å². The third-order valence-electron chi connectivity index (χ3n) is 3.68. The summed E-state index contributed by atoms with van der Waals surface area (Å²) in [6.45, 7) is 0.341. The van der Waals surface area contributed by atoms with E-state index in [9.17, 15) is 9.59 Å². The van der Waals surface area contributed by atoms with Crippen LogP contribution in [-0.4, -0.2) is 45.8 Å². The van der Waals surface area contributed by atoms with Crippen LogP contribution in [0.4, 0.5) is 0 Å². The minimum Gasteiger partial charge on any atom is -0.494 e. The van der Waals surface area contributed by atoms with Gasteiger partial charge >= 0.3 is 5.97 Å². The van der Waals surface area contributed by atoms with Crippen molar-refractivity contribution in [2.24, 2.45) is 0 Å². The molecule has 0 aliphatic heterocycles. The highest BCUT2D eigenvalue weighted by Crippen LogP contribution is 2.25. The van der Waals surface area contributed by atoms with Crippen LogP contribution in [0, 0.1) is 0 Å². The van der Waals surface area contributed by atoms with Gasteiger partial charge in [0, 0.05) is 35.8 Å². The van der Waals surface area contributed by atoms with Gasteiger partial charge in [0.2, 0.25) is 0 Å². The Labute approximate surface area is 142 Å². The molecule has 0 saturated carbocycles. The van der Waals surface area contributed by atoms with Crippen molar-refractivity contribution in [3.63, 3.8) is 0 Å². The number of rotatable bonds is 6. The lowest BCUT2D eigenvalue weighted by Gasteiger charge is -2.09. The first kappa shape index (κ1) is 16.4. The zero-order valence-corrected chi connectivity index (χ0v) is 13.4. The highest BCUT2D eigenvalue weighted by Gasteiger charge is 2.12. The molecule has 8 nitrogen and oxygen atoms in total. The molecule has 3 N–H and O–H groups in total. The molecule has 2 heterocycles. The number of pyridine rings is 1. The lowest BCUT2D eigenvalue weighted by molar-refractivity contribution is 0.0690. The van der Waals surface area contributed by atoms with Crippen molar-refractivity contribution in [1.29, 1.82) is 0 Å². The molecule has 0 fully saturated rings. The maximum absolute atomic E-state index is 12.4. The number of fused-ring (bicyclic) bond motifs is 1. The second-order valence-electron chi connectivity index (χ2n) is 5.34. The number of hydrogen-bond acceptors (Lipinski definition) is 5. The molecule has 2 aromatic heterocycles. The number of amides is 1. The molecule has 128 valence electrons. The normalized spacial score (nSPS) is 10.6. The van der Waals surface area contributed by atoms with E-state index in [1.165, 1.54) is 13.2 Å². The lowest BCUT2D eigenvalue weighted by Crippen LogP contribution is -2.25. The highest BCUT2D eigenvalue weighted by molar-refractivity contribution is 5.99. The Morgan fingerprint density at radius 1 is 1.32 bits per heavy atom. The number of carbonyl (C=O) groups excluding carboxylic acids is 1. The summed E-state index contributed by atoms with van der Waals surface area (Å²) in [5, 5.41) is 18.7. The SMILES string of the molecule is COc1cc(C(=O)NCCc2cc(C(=O)O)n[nH]2)cc2cccnc12. The Morgan fingerprint density at radius 2 is 2.16 bits per heavy atom. The summed E-state index contributed by atoms with van der Waals surface area (Å²) in [6, 6.07) is 8.49. The Kier molecular flexibility index (Phi) is 4.60. The molecule has 0 radical (unpaired) electrons. The van der Waals surface area contributed by atoms with E-state index in [1.54, 1.807) is 24.4 Å². The van der Waals surface area contributed by atoms with Gasteiger partial charge in [0.1, 0.15) is 11.3 Å². The molecular weight excluding hydrogens is 324 g/mol. The fraction of sp³-hybridized carbons (Fsp3) is 0.176. The summed E-state index contributed by atoms with van der Waals surface area (Å²) in [4.78, 5) is 27.4. The molecule has 0 spiro atoms. The first-order valence-corrected chi connectivity index (χ1v) is 7.57. The Bertz CT molecular complexity index is 935.